The van der Waals surface area contributed by atoms with E-state index in [9.17, 15) is 0 Å². The Labute approximate surface area is 134 Å². The topological polar surface area (TPSA) is 21.3 Å². The largest absolute Gasteiger partial charge is 0.487 e. The van der Waals surface area contributed by atoms with Crippen molar-refractivity contribution in [3.8, 4) is 5.75 Å². The number of hydrogen-bond acceptors (Lipinski definition) is 2. The third-order valence-electron chi connectivity index (χ3n) is 3.77. The summed E-state index contributed by atoms with van der Waals surface area (Å²) in [5, 5.41) is 3.49. The molecule has 1 N–H and O–H groups in total. The number of nitrogens with one attached hydrogen (secondary N) is 1. The molecule has 0 unspecified atom stereocenters. The molecule has 110 valence electrons. The normalized spacial score (nSPS) is 15.4. The van der Waals surface area contributed by atoms with E-state index in [4.69, 9.17) is 4.74 Å². The van der Waals surface area contributed by atoms with Gasteiger partial charge in [-0.1, -0.05) is 24.3 Å². The van der Waals surface area contributed by atoms with Crippen molar-refractivity contribution < 1.29 is 4.74 Å². The minimum Gasteiger partial charge on any atom is -0.487 e. The van der Waals surface area contributed by atoms with Crippen molar-refractivity contribution in [2.75, 3.05) is 5.32 Å². The molecule has 21 heavy (non-hydrogen) atoms. The van der Waals surface area contributed by atoms with Gasteiger partial charge in [-0.15, -0.1) is 0 Å². The van der Waals surface area contributed by atoms with E-state index in [1.807, 2.05) is 0 Å². The van der Waals surface area contributed by atoms with Crippen molar-refractivity contribution in [1.29, 1.82) is 0 Å². The Morgan fingerprint density at radius 2 is 2.05 bits per heavy atom. The number of anilines is 1. The second-order valence-corrected chi connectivity index (χ2v) is 7.14. The first-order chi connectivity index (χ1) is 9.94. The lowest BCUT2D eigenvalue weighted by molar-refractivity contribution is 0.137. The van der Waals surface area contributed by atoms with E-state index in [-0.39, 0.29) is 5.60 Å². The Balaban J connectivity index is 1.80. The smallest absolute Gasteiger partial charge is 0.128 e. The van der Waals surface area contributed by atoms with Crippen LogP contribution in [0, 0.1) is 6.92 Å². The molecule has 2 nitrogen and oxygen atoms in total. The van der Waals surface area contributed by atoms with Gasteiger partial charge in [0.1, 0.15) is 11.4 Å². The van der Waals surface area contributed by atoms with E-state index in [0.29, 0.717) is 0 Å². The van der Waals surface area contributed by atoms with E-state index in [0.717, 1.165) is 28.9 Å². The number of benzene rings is 2. The van der Waals surface area contributed by atoms with Crippen molar-refractivity contribution in [2.45, 2.75) is 39.3 Å². The lowest BCUT2D eigenvalue weighted by Crippen LogP contribution is -2.25. The Morgan fingerprint density at radius 3 is 2.81 bits per heavy atom. The molecule has 1 heterocycles. The van der Waals surface area contributed by atoms with Gasteiger partial charge >= 0.3 is 0 Å². The van der Waals surface area contributed by atoms with Crippen molar-refractivity contribution in [2.24, 2.45) is 0 Å². The molecule has 3 rings (SSSR count). The summed E-state index contributed by atoms with van der Waals surface area (Å²) in [4.78, 5) is 0. The van der Waals surface area contributed by atoms with Crippen LogP contribution in [0.5, 0.6) is 5.75 Å². The lowest BCUT2D eigenvalue weighted by Gasteiger charge is -2.18. The van der Waals surface area contributed by atoms with Crippen LogP contribution in [0.25, 0.3) is 0 Å². The number of rotatable bonds is 3. The van der Waals surface area contributed by atoms with Crippen LogP contribution >= 0.6 is 15.9 Å². The van der Waals surface area contributed by atoms with Crippen LogP contribution in [0.3, 0.4) is 0 Å². The Bertz CT molecular complexity index is 679. The summed E-state index contributed by atoms with van der Waals surface area (Å²) in [6.45, 7) is 7.14. The van der Waals surface area contributed by atoms with Gasteiger partial charge in [-0.25, -0.2) is 0 Å². The SMILES string of the molecule is Cc1ccc(NCc2cccc3c2OC(C)(C)C3)c(Br)c1. The standard InChI is InChI=1S/C18H20BrNO/c1-12-7-8-16(15(19)9-12)20-11-14-6-4-5-13-10-18(2,3)21-17(13)14/h4-9,20H,10-11H2,1-3H3. The molecule has 0 fully saturated rings. The highest BCUT2D eigenvalue weighted by Gasteiger charge is 2.31. The van der Waals surface area contributed by atoms with Crippen LogP contribution < -0.4 is 10.1 Å². The number of aryl methyl sites for hydroxylation is 1. The predicted molar refractivity (Wildman–Crippen MR) is 91.1 cm³/mol. The van der Waals surface area contributed by atoms with Crippen molar-refractivity contribution in [3.63, 3.8) is 0 Å². The number of ether oxygens (including phenoxy) is 1. The predicted octanol–water partition coefficient (Wildman–Crippen LogP) is 5.08. The molecule has 0 amide bonds. The minimum atomic E-state index is -0.0944. The molecule has 0 bridgehead atoms. The monoisotopic (exact) mass is 345 g/mol. The van der Waals surface area contributed by atoms with Gasteiger partial charge in [0.25, 0.3) is 0 Å². The molecule has 3 heteroatoms. The average Bonchev–Trinajstić information content (AvgIpc) is 2.72. The highest BCUT2D eigenvalue weighted by atomic mass is 79.9. The average molecular weight is 346 g/mol. The molecule has 0 atom stereocenters. The van der Waals surface area contributed by atoms with E-state index in [1.165, 1.54) is 16.7 Å². The second kappa shape index (κ2) is 5.38. The highest BCUT2D eigenvalue weighted by Crippen LogP contribution is 2.38. The summed E-state index contributed by atoms with van der Waals surface area (Å²) in [6, 6.07) is 12.8. The fourth-order valence-corrected chi connectivity index (χ4v) is 3.41. The third kappa shape index (κ3) is 3.08. The molecule has 2 aromatic carbocycles. The van der Waals surface area contributed by atoms with Crippen LogP contribution in [-0.2, 0) is 13.0 Å². The summed E-state index contributed by atoms with van der Waals surface area (Å²) in [5.74, 6) is 1.05. The maximum atomic E-state index is 6.11. The zero-order valence-electron chi connectivity index (χ0n) is 12.7. The number of fused-ring (bicyclic) bond motifs is 1. The number of hydrogen-bond donors (Lipinski definition) is 1. The highest BCUT2D eigenvalue weighted by molar-refractivity contribution is 9.10. The first kappa shape index (κ1) is 14.5. The van der Waals surface area contributed by atoms with Gasteiger partial charge in [-0.3, -0.25) is 0 Å². The van der Waals surface area contributed by atoms with Crippen LogP contribution in [0.15, 0.2) is 40.9 Å². The lowest BCUT2D eigenvalue weighted by atomic mass is 10.0. The summed E-state index contributed by atoms with van der Waals surface area (Å²) >= 11 is 3.61. The van der Waals surface area contributed by atoms with E-state index >= 15 is 0 Å². The van der Waals surface area contributed by atoms with Gasteiger partial charge < -0.3 is 10.1 Å². The first-order valence-electron chi connectivity index (χ1n) is 7.24. The van der Waals surface area contributed by atoms with E-state index in [2.05, 4.69) is 78.4 Å². The molecule has 2 aromatic rings. The first-order valence-corrected chi connectivity index (χ1v) is 8.04. The zero-order valence-corrected chi connectivity index (χ0v) is 14.3. The summed E-state index contributed by atoms with van der Waals surface area (Å²) in [7, 11) is 0. The quantitative estimate of drug-likeness (QED) is 0.837. The van der Waals surface area contributed by atoms with Crippen molar-refractivity contribution >= 4 is 21.6 Å². The molecular weight excluding hydrogens is 326 g/mol. The fraction of sp³-hybridized carbons (Fsp3) is 0.333. The maximum absolute atomic E-state index is 6.11. The number of halogens is 1. The number of para-hydroxylation sites is 1. The summed E-state index contributed by atoms with van der Waals surface area (Å²) in [6.07, 6.45) is 0.977. The van der Waals surface area contributed by atoms with Gasteiger partial charge in [0.15, 0.2) is 0 Å². The molecule has 1 aliphatic heterocycles. The van der Waals surface area contributed by atoms with Crippen molar-refractivity contribution in [3.05, 3.63) is 57.6 Å². The van der Waals surface area contributed by atoms with Gasteiger partial charge in [-0.05, 0) is 60.0 Å². The van der Waals surface area contributed by atoms with Crippen LogP contribution in [0.1, 0.15) is 30.5 Å². The molecule has 0 radical (unpaired) electrons. The Kier molecular flexibility index (Phi) is 3.70. The zero-order chi connectivity index (χ0) is 15.0. The second-order valence-electron chi connectivity index (χ2n) is 6.28. The molecule has 1 aliphatic rings. The van der Waals surface area contributed by atoms with Crippen LogP contribution in [0.2, 0.25) is 0 Å². The Morgan fingerprint density at radius 1 is 1.24 bits per heavy atom. The van der Waals surface area contributed by atoms with Gasteiger partial charge in [0.2, 0.25) is 0 Å². The summed E-state index contributed by atoms with van der Waals surface area (Å²) in [5.41, 5.74) is 4.78. The van der Waals surface area contributed by atoms with E-state index in [1.54, 1.807) is 0 Å². The van der Waals surface area contributed by atoms with Gasteiger partial charge in [0, 0.05) is 28.7 Å². The van der Waals surface area contributed by atoms with Crippen LogP contribution in [-0.4, -0.2) is 5.60 Å². The minimum absolute atomic E-state index is 0.0944. The third-order valence-corrected chi connectivity index (χ3v) is 4.42. The summed E-state index contributed by atoms with van der Waals surface area (Å²) < 4.78 is 7.21. The molecule has 0 saturated carbocycles. The molecule has 0 saturated heterocycles. The van der Waals surface area contributed by atoms with Crippen molar-refractivity contribution in [1.82, 2.24) is 0 Å². The van der Waals surface area contributed by atoms with Crippen LogP contribution in [0.4, 0.5) is 5.69 Å². The molecule has 0 spiro atoms. The Hall–Kier alpha value is -1.48. The fourth-order valence-electron chi connectivity index (χ4n) is 2.77. The maximum Gasteiger partial charge on any atom is 0.128 e. The van der Waals surface area contributed by atoms with Gasteiger partial charge in [0.05, 0.1) is 0 Å². The molecule has 0 aliphatic carbocycles. The molecule has 0 aromatic heterocycles. The van der Waals surface area contributed by atoms with E-state index < -0.39 is 0 Å². The van der Waals surface area contributed by atoms with Gasteiger partial charge in [-0.2, -0.15) is 0 Å². The molecular formula is C18H20BrNO.